The number of hydrogen-bond donors (Lipinski definition) is 4. The van der Waals surface area contributed by atoms with Crippen LogP contribution >= 0.6 is 15.9 Å². The lowest BCUT2D eigenvalue weighted by atomic mass is 9.81. The van der Waals surface area contributed by atoms with E-state index in [4.69, 9.17) is 28.4 Å². The third kappa shape index (κ3) is 7.86. The van der Waals surface area contributed by atoms with Crippen molar-refractivity contribution < 1.29 is 58.4 Å². The number of Topliss-reactive ketones (excluding diaryl/α,β-unsaturated/α-hetero) is 2. The third-order valence-electron chi connectivity index (χ3n) is 11.1. The van der Waals surface area contributed by atoms with Crippen LogP contribution in [0.5, 0.6) is 46.0 Å². The van der Waals surface area contributed by atoms with Crippen molar-refractivity contribution in [3.8, 4) is 46.0 Å². The van der Waals surface area contributed by atoms with E-state index in [0.29, 0.717) is 91.8 Å². The molecule has 0 saturated heterocycles. The van der Waals surface area contributed by atoms with Crippen LogP contribution in [-0.4, -0.2) is 77.0 Å². The van der Waals surface area contributed by atoms with Crippen LogP contribution in [0.4, 0.5) is 0 Å². The average molecular weight is 872 g/mol. The normalized spacial score (nSPS) is 19.6. The second-order valence-electron chi connectivity index (χ2n) is 15.1. The van der Waals surface area contributed by atoms with E-state index in [1.54, 1.807) is 48.5 Å². The zero-order chi connectivity index (χ0) is 42.1. The van der Waals surface area contributed by atoms with E-state index in [2.05, 4.69) is 15.9 Å². The van der Waals surface area contributed by atoms with Gasteiger partial charge in [0.05, 0.1) is 50.4 Å². The van der Waals surface area contributed by atoms with Gasteiger partial charge in [0.1, 0.15) is 71.4 Å². The fourth-order valence-electron chi connectivity index (χ4n) is 7.92. The van der Waals surface area contributed by atoms with Gasteiger partial charge < -0.3 is 48.8 Å². The first kappa shape index (κ1) is 41.7. The van der Waals surface area contributed by atoms with Gasteiger partial charge in [0, 0.05) is 38.7 Å². The Balaban J connectivity index is 0.000000179. The minimum Gasteiger partial charge on any atom is -0.508 e. The van der Waals surface area contributed by atoms with Crippen molar-refractivity contribution in [1.82, 2.24) is 0 Å². The molecule has 0 amide bonds. The number of carbonyl (C=O) groups excluding carboxylic acids is 2. The van der Waals surface area contributed by atoms with Gasteiger partial charge in [-0.15, -0.1) is 0 Å². The number of phenolic OH excluding ortho intramolecular Hbond substituents is 2. The molecule has 4 aliphatic heterocycles. The average Bonchev–Trinajstić information content (AvgIpc) is 3.24. The van der Waals surface area contributed by atoms with Gasteiger partial charge >= 0.3 is 0 Å². The van der Waals surface area contributed by atoms with E-state index in [1.165, 1.54) is 14.2 Å². The maximum Gasteiger partial charge on any atom is 0.178 e. The first-order valence-electron chi connectivity index (χ1n) is 19.3. The Labute approximate surface area is 350 Å². The van der Waals surface area contributed by atoms with Crippen LogP contribution in [-0.2, 0) is 26.1 Å². The van der Waals surface area contributed by atoms with Crippen molar-refractivity contribution >= 4 is 27.5 Å². The number of allylic oxidation sites excluding steroid dienone is 4. The quantitative estimate of drug-likeness (QED) is 0.0972. The SMILES string of the molecule is COc1cc2c(cc1CO)OC[C@H]1Oc3c(ccc(O)c3C/C=C(\C)CBr)C(=O)[C@@H]21.COc1cc2c(cc1CO)OC[C@H]1Oc3c(ccc(O)c3CC=C(C)C)C(=O)[C@@H]21. The summed E-state index contributed by atoms with van der Waals surface area (Å²) in [6, 6.07) is 13.2. The molecule has 0 aromatic heterocycles. The number of halogens is 1. The molecule has 4 atom stereocenters. The lowest BCUT2D eigenvalue weighted by molar-refractivity contribution is 0.0548. The van der Waals surface area contributed by atoms with E-state index >= 15 is 0 Å². The number of benzene rings is 4. The summed E-state index contributed by atoms with van der Waals surface area (Å²) in [6.45, 7) is 5.98. The van der Waals surface area contributed by atoms with Gasteiger partial charge in [-0.3, -0.25) is 9.59 Å². The molecule has 4 aromatic carbocycles. The van der Waals surface area contributed by atoms with Crippen molar-refractivity contribution in [2.24, 2.45) is 0 Å². The summed E-state index contributed by atoms with van der Waals surface area (Å²) in [5.41, 5.74) is 6.91. The molecule has 4 heterocycles. The second kappa shape index (κ2) is 17.4. The Hall–Kier alpha value is -5.50. The summed E-state index contributed by atoms with van der Waals surface area (Å²) >= 11 is 3.42. The van der Waals surface area contributed by atoms with Gasteiger partial charge in [-0.25, -0.2) is 0 Å². The topological polar surface area (TPSA) is 170 Å². The Morgan fingerprint density at radius 1 is 0.712 bits per heavy atom. The number of phenols is 2. The Bertz CT molecular complexity index is 2360. The molecular weight excluding hydrogens is 824 g/mol. The van der Waals surface area contributed by atoms with E-state index < -0.39 is 24.0 Å². The minimum absolute atomic E-state index is 0.0712. The van der Waals surface area contributed by atoms with Gasteiger partial charge in [0.2, 0.25) is 0 Å². The maximum atomic E-state index is 13.5. The highest BCUT2D eigenvalue weighted by Gasteiger charge is 2.46. The van der Waals surface area contributed by atoms with Crippen LogP contribution < -0.4 is 28.4 Å². The largest absolute Gasteiger partial charge is 0.508 e. The highest BCUT2D eigenvalue weighted by Crippen LogP contribution is 2.49. The van der Waals surface area contributed by atoms with Gasteiger partial charge in [0.15, 0.2) is 11.6 Å². The number of fused-ring (bicyclic) bond motifs is 8. The molecule has 0 radical (unpaired) electrons. The number of aliphatic hydroxyl groups excluding tert-OH is 2. The molecule has 0 saturated carbocycles. The van der Waals surface area contributed by atoms with Crippen LogP contribution in [0.15, 0.2) is 71.8 Å². The lowest BCUT2D eigenvalue weighted by Crippen LogP contribution is -2.43. The minimum atomic E-state index is -0.542. The van der Waals surface area contributed by atoms with Crippen molar-refractivity contribution in [3.63, 3.8) is 0 Å². The standard InChI is InChI=1S/C23H23BrO6.C23H24O6/c1-12(9-24)3-4-14-17(26)6-5-15-22(27)21-16-8-18(28-2)13(10-25)7-19(16)29-11-20(21)30-23(14)15;1-12(2)4-5-14-17(25)7-6-15-22(26)21-16-9-18(27-3)13(10-24)8-19(16)28-11-20(21)29-23(14)15/h3,5-8,20-21,25-26H,4,9-11H2,1-2H3;4,6-9,20-21,24-25H,5,10-11H2,1-3H3/b12-3+;/t2*20-,21+/m11/s1. The Kier molecular flexibility index (Phi) is 12.3. The molecule has 13 heteroatoms. The number of ether oxygens (including phenoxy) is 6. The molecule has 0 fully saturated rings. The van der Waals surface area contributed by atoms with Crippen molar-refractivity contribution in [2.45, 2.75) is 70.9 Å². The summed E-state index contributed by atoms with van der Waals surface area (Å²) < 4.78 is 34.9. The van der Waals surface area contributed by atoms with E-state index in [-0.39, 0.29) is 49.5 Å². The summed E-state index contributed by atoms with van der Waals surface area (Å²) in [6.07, 6.45) is 3.92. The molecule has 4 N–H and O–H groups in total. The monoisotopic (exact) mass is 870 g/mol. The summed E-state index contributed by atoms with van der Waals surface area (Å²) in [4.78, 5) is 26.9. The van der Waals surface area contributed by atoms with Gasteiger partial charge in [-0.2, -0.15) is 0 Å². The smallest absolute Gasteiger partial charge is 0.178 e. The molecule has 4 aromatic rings. The van der Waals surface area contributed by atoms with E-state index in [1.807, 2.05) is 32.9 Å². The number of aliphatic hydroxyl groups is 2. The summed E-state index contributed by atoms with van der Waals surface area (Å²) in [5.74, 6) is 1.95. The molecule has 0 spiro atoms. The predicted molar refractivity (Wildman–Crippen MR) is 222 cm³/mol. The lowest BCUT2D eigenvalue weighted by Gasteiger charge is -2.38. The van der Waals surface area contributed by atoms with Crippen molar-refractivity contribution in [2.75, 3.05) is 32.8 Å². The zero-order valence-corrected chi connectivity index (χ0v) is 35.1. The Morgan fingerprint density at radius 3 is 1.54 bits per heavy atom. The van der Waals surface area contributed by atoms with Gasteiger partial charge in [-0.1, -0.05) is 39.2 Å². The van der Waals surface area contributed by atoms with Crippen molar-refractivity contribution in [1.29, 1.82) is 0 Å². The number of methoxy groups -OCH3 is 2. The molecule has 8 rings (SSSR count). The number of carbonyl (C=O) groups is 2. The number of alkyl halides is 1. The second-order valence-corrected chi connectivity index (χ2v) is 15.7. The van der Waals surface area contributed by atoms with Gasteiger partial charge in [0.25, 0.3) is 0 Å². The number of aromatic hydroxyl groups is 2. The van der Waals surface area contributed by atoms with Gasteiger partial charge in [-0.05, 0) is 82.1 Å². The number of rotatable bonds is 9. The third-order valence-corrected chi connectivity index (χ3v) is 12.0. The van der Waals surface area contributed by atoms with Crippen LogP contribution in [0.1, 0.15) is 86.7 Å². The summed E-state index contributed by atoms with van der Waals surface area (Å²) in [7, 11) is 3.04. The molecule has 0 aliphatic carbocycles. The predicted octanol–water partition coefficient (Wildman–Crippen LogP) is 7.42. The fraction of sp³-hybridized carbons (Fsp3) is 0.348. The van der Waals surface area contributed by atoms with Crippen LogP contribution in [0, 0.1) is 0 Å². The number of ketones is 2. The Morgan fingerprint density at radius 2 is 1.15 bits per heavy atom. The first-order valence-corrected chi connectivity index (χ1v) is 20.4. The molecule has 0 unspecified atom stereocenters. The van der Waals surface area contributed by atoms with E-state index in [9.17, 15) is 30.0 Å². The molecule has 0 bridgehead atoms. The maximum absolute atomic E-state index is 13.5. The van der Waals surface area contributed by atoms with Crippen LogP contribution in [0.3, 0.4) is 0 Å². The zero-order valence-electron chi connectivity index (χ0n) is 33.5. The molecule has 59 heavy (non-hydrogen) atoms. The van der Waals surface area contributed by atoms with Crippen molar-refractivity contribution in [3.05, 3.63) is 116 Å². The molecule has 310 valence electrons. The molecule has 12 nitrogen and oxygen atoms in total. The van der Waals surface area contributed by atoms with Crippen LogP contribution in [0.2, 0.25) is 0 Å². The molecule has 4 aliphatic rings. The molecular formula is C46H47BrO12. The highest BCUT2D eigenvalue weighted by molar-refractivity contribution is 9.09. The van der Waals surface area contributed by atoms with E-state index in [0.717, 1.165) is 16.5 Å². The van der Waals surface area contributed by atoms with Crippen LogP contribution in [0.25, 0.3) is 0 Å². The fourth-order valence-corrected chi connectivity index (χ4v) is 8.15. The highest BCUT2D eigenvalue weighted by atomic mass is 79.9. The number of hydrogen-bond acceptors (Lipinski definition) is 12. The first-order chi connectivity index (χ1) is 28.4. The summed E-state index contributed by atoms with van der Waals surface area (Å²) in [5, 5.41) is 40.6.